The highest BCUT2D eigenvalue weighted by atomic mass is 16.7. The van der Waals surface area contributed by atoms with E-state index in [0.717, 1.165) is 24.3 Å². The summed E-state index contributed by atoms with van der Waals surface area (Å²) in [4.78, 5) is 13.6. The van der Waals surface area contributed by atoms with Crippen LogP contribution in [0.15, 0.2) is 39.5 Å². The zero-order valence-corrected chi connectivity index (χ0v) is 22.3. The fraction of sp³-hybridized carbons (Fsp3) is 0.444. The SMILES string of the molecule is CC1O[C@@H](OCC2O[C@@H](Oc3c(-c4ccc(O)c(O)c4)oc4cc(O)cc(O)c4c3=O)C(O)[C@@H](O)[C@H]2O)C(O)[C@@H](O)[C@H]1O. The van der Waals surface area contributed by atoms with Gasteiger partial charge in [-0.1, -0.05) is 0 Å². The van der Waals surface area contributed by atoms with Crippen LogP contribution in [0.5, 0.6) is 28.7 Å². The second-order valence-electron chi connectivity index (χ2n) is 10.3. The lowest BCUT2D eigenvalue weighted by molar-refractivity contribution is -0.318. The average Bonchev–Trinajstić information content (AvgIpc) is 2.96. The first-order valence-corrected chi connectivity index (χ1v) is 13.0. The molecule has 2 aliphatic rings. The van der Waals surface area contributed by atoms with Crippen LogP contribution in [0.4, 0.5) is 0 Å². The van der Waals surface area contributed by atoms with Crippen molar-refractivity contribution in [2.75, 3.05) is 6.61 Å². The maximum absolute atomic E-state index is 13.6. The molecule has 5 rings (SSSR count). The van der Waals surface area contributed by atoms with Gasteiger partial charge in [0.05, 0.1) is 12.7 Å². The molecule has 0 aliphatic carbocycles. The fourth-order valence-corrected chi connectivity index (χ4v) is 4.84. The number of phenolic OH excluding ortho intramolecular Hbond substituents is 4. The van der Waals surface area contributed by atoms with Gasteiger partial charge in [-0.25, -0.2) is 0 Å². The summed E-state index contributed by atoms with van der Waals surface area (Å²) in [5.41, 5.74) is -1.35. The smallest absolute Gasteiger partial charge is 0.239 e. The summed E-state index contributed by atoms with van der Waals surface area (Å²) in [5, 5.41) is 101. The Morgan fingerprint density at radius 2 is 1.42 bits per heavy atom. The van der Waals surface area contributed by atoms with Gasteiger partial charge < -0.3 is 74.4 Å². The molecule has 0 spiro atoms. The molecule has 0 saturated carbocycles. The van der Waals surface area contributed by atoms with E-state index in [0.29, 0.717) is 0 Å². The first-order valence-electron chi connectivity index (χ1n) is 13.0. The topological polar surface area (TPSA) is 269 Å². The van der Waals surface area contributed by atoms with Crippen molar-refractivity contribution in [3.05, 3.63) is 40.6 Å². The molecule has 2 aromatic carbocycles. The lowest BCUT2D eigenvalue weighted by atomic mass is 9.98. The maximum Gasteiger partial charge on any atom is 0.239 e. The molecule has 2 aliphatic heterocycles. The lowest BCUT2D eigenvalue weighted by Gasteiger charge is -2.42. The molecule has 43 heavy (non-hydrogen) atoms. The second-order valence-corrected chi connectivity index (χ2v) is 10.3. The van der Waals surface area contributed by atoms with Crippen molar-refractivity contribution in [2.45, 2.75) is 68.3 Å². The third kappa shape index (κ3) is 5.67. The zero-order valence-electron chi connectivity index (χ0n) is 22.3. The van der Waals surface area contributed by atoms with Crippen LogP contribution in [-0.4, -0.2) is 119 Å². The molecule has 0 radical (unpaired) electrons. The molecule has 0 amide bonds. The Kier molecular flexibility index (Phi) is 8.41. The summed E-state index contributed by atoms with van der Waals surface area (Å²) >= 11 is 0. The van der Waals surface area contributed by atoms with Crippen LogP contribution in [0.3, 0.4) is 0 Å². The van der Waals surface area contributed by atoms with Gasteiger partial charge in [0.2, 0.25) is 17.5 Å². The molecule has 0 bridgehead atoms. The molecule has 16 nitrogen and oxygen atoms in total. The predicted molar refractivity (Wildman–Crippen MR) is 140 cm³/mol. The van der Waals surface area contributed by atoms with Gasteiger partial charge in [0.15, 0.2) is 23.5 Å². The van der Waals surface area contributed by atoms with Crippen molar-refractivity contribution in [3.63, 3.8) is 0 Å². The zero-order chi connectivity index (χ0) is 31.3. The van der Waals surface area contributed by atoms with E-state index in [4.69, 9.17) is 23.4 Å². The number of rotatable bonds is 6. The third-order valence-electron chi connectivity index (χ3n) is 7.29. The van der Waals surface area contributed by atoms with Crippen molar-refractivity contribution in [1.82, 2.24) is 0 Å². The largest absolute Gasteiger partial charge is 0.508 e. The summed E-state index contributed by atoms with van der Waals surface area (Å²) in [7, 11) is 0. The number of hydrogen-bond donors (Lipinski definition) is 10. The van der Waals surface area contributed by atoms with E-state index in [9.17, 15) is 55.9 Å². The highest BCUT2D eigenvalue weighted by Gasteiger charge is 2.47. The molecular weight excluding hydrogens is 580 g/mol. The number of phenols is 4. The Hall–Kier alpha value is -3.71. The van der Waals surface area contributed by atoms with Gasteiger partial charge in [-0.2, -0.15) is 0 Å². The molecule has 16 heteroatoms. The van der Waals surface area contributed by atoms with Crippen LogP contribution < -0.4 is 10.2 Å². The molecule has 4 unspecified atom stereocenters. The fourth-order valence-electron chi connectivity index (χ4n) is 4.84. The number of aliphatic hydroxyl groups is 6. The van der Waals surface area contributed by atoms with E-state index < -0.39 is 113 Å². The number of aliphatic hydroxyl groups excluding tert-OH is 6. The standard InChI is InChI=1S/C27H30O16/c1-8-17(32)20(35)22(37)26(40-8)39-7-15-18(33)21(36)23(38)27(42-15)43-25-19(34)16-13(31)5-10(28)6-14(16)41-24(25)9-2-3-11(29)12(30)4-9/h2-6,8,15,17-18,20-23,26-33,35-38H,7H2,1H3/t8?,15?,17-,18-,20-,21-,22?,23?,26+,27-/m0/s1. The minimum absolute atomic E-state index is 0.0313. The van der Waals surface area contributed by atoms with Crippen LogP contribution in [0.1, 0.15) is 6.92 Å². The van der Waals surface area contributed by atoms with Crippen LogP contribution in [0.25, 0.3) is 22.3 Å². The van der Waals surface area contributed by atoms with E-state index in [2.05, 4.69) is 0 Å². The van der Waals surface area contributed by atoms with Crippen LogP contribution in [0, 0.1) is 0 Å². The summed E-state index contributed by atoms with van der Waals surface area (Å²) in [6.07, 6.45) is -16.2. The van der Waals surface area contributed by atoms with E-state index >= 15 is 0 Å². The number of aromatic hydroxyl groups is 4. The highest BCUT2D eigenvalue weighted by Crippen LogP contribution is 2.39. The summed E-state index contributed by atoms with van der Waals surface area (Å²) in [5.74, 6) is -3.33. The number of hydrogen-bond acceptors (Lipinski definition) is 16. The maximum atomic E-state index is 13.6. The molecule has 1 aromatic heterocycles. The van der Waals surface area contributed by atoms with Crippen molar-refractivity contribution in [2.24, 2.45) is 0 Å². The summed E-state index contributed by atoms with van der Waals surface area (Å²) < 4.78 is 27.8. The Bertz CT molecular complexity index is 1540. The minimum atomic E-state index is -1.97. The second kappa shape index (κ2) is 11.8. The Balaban J connectivity index is 1.48. The number of fused-ring (bicyclic) bond motifs is 1. The first kappa shape index (κ1) is 30.7. The van der Waals surface area contributed by atoms with Crippen molar-refractivity contribution >= 4 is 11.0 Å². The van der Waals surface area contributed by atoms with Crippen molar-refractivity contribution in [3.8, 4) is 40.1 Å². The normalized spacial score (nSPS) is 33.0. The lowest BCUT2D eigenvalue weighted by Crippen LogP contribution is -2.61. The Morgan fingerprint density at radius 1 is 0.744 bits per heavy atom. The molecule has 234 valence electrons. The summed E-state index contributed by atoms with van der Waals surface area (Å²) in [6, 6.07) is 5.24. The van der Waals surface area contributed by atoms with Crippen molar-refractivity contribution < 1.29 is 74.4 Å². The molecule has 2 fully saturated rings. The van der Waals surface area contributed by atoms with Gasteiger partial charge in [-0.05, 0) is 25.1 Å². The van der Waals surface area contributed by atoms with E-state index in [1.54, 1.807) is 0 Å². The van der Waals surface area contributed by atoms with Crippen molar-refractivity contribution in [1.29, 1.82) is 0 Å². The van der Waals surface area contributed by atoms with Crippen LogP contribution in [-0.2, 0) is 14.2 Å². The third-order valence-corrected chi connectivity index (χ3v) is 7.29. The highest BCUT2D eigenvalue weighted by molar-refractivity contribution is 5.88. The number of benzene rings is 2. The molecule has 3 aromatic rings. The van der Waals surface area contributed by atoms with Gasteiger partial charge >= 0.3 is 0 Å². The molecular formula is C27H30O16. The molecule has 10 atom stereocenters. The van der Waals surface area contributed by atoms with E-state index in [1.807, 2.05) is 0 Å². The van der Waals surface area contributed by atoms with E-state index in [-0.39, 0.29) is 11.1 Å². The van der Waals surface area contributed by atoms with E-state index in [1.165, 1.54) is 13.0 Å². The predicted octanol–water partition coefficient (Wildman–Crippen LogP) is -1.69. The van der Waals surface area contributed by atoms with Gasteiger partial charge in [0.1, 0.15) is 65.2 Å². The Labute approximate surface area is 241 Å². The Morgan fingerprint density at radius 3 is 2.12 bits per heavy atom. The van der Waals surface area contributed by atoms with Gasteiger partial charge in [-0.15, -0.1) is 0 Å². The quantitative estimate of drug-likeness (QED) is 0.140. The monoisotopic (exact) mass is 610 g/mol. The molecule has 10 N–H and O–H groups in total. The summed E-state index contributed by atoms with van der Waals surface area (Å²) in [6.45, 7) is 0.818. The van der Waals surface area contributed by atoms with Gasteiger partial charge in [0.25, 0.3) is 0 Å². The van der Waals surface area contributed by atoms with Crippen LogP contribution >= 0.6 is 0 Å². The average molecular weight is 611 g/mol. The number of ether oxygens (including phenoxy) is 4. The molecule has 2 saturated heterocycles. The van der Waals surface area contributed by atoms with Gasteiger partial charge in [0, 0.05) is 17.7 Å². The van der Waals surface area contributed by atoms with Crippen LogP contribution in [0.2, 0.25) is 0 Å². The molecule has 3 heterocycles. The first-order chi connectivity index (χ1) is 20.3. The van der Waals surface area contributed by atoms with Gasteiger partial charge in [-0.3, -0.25) is 4.79 Å². The minimum Gasteiger partial charge on any atom is -0.508 e.